The second-order valence-corrected chi connectivity index (χ2v) is 7.82. The van der Waals surface area contributed by atoms with E-state index in [1.165, 1.54) is 16.8 Å². The van der Waals surface area contributed by atoms with E-state index in [0.717, 1.165) is 18.6 Å². The van der Waals surface area contributed by atoms with Crippen molar-refractivity contribution in [2.75, 3.05) is 16.8 Å². The van der Waals surface area contributed by atoms with E-state index in [9.17, 15) is 13.6 Å². The molecule has 1 aliphatic heterocycles. The maximum Gasteiger partial charge on any atom is 0.274 e. The molecule has 1 aromatic carbocycles. The first kappa shape index (κ1) is 20.3. The standard InChI is InChI=1S/C22H17ClF2N6O/c23-19-5-1-3-16(27-19)22(32)28-17-12-26-31-10-8-20(29-21(17)31)30-9-2-4-18(30)14-11-13(24)6-7-15(14)25/h1,3,5-8,10-12,18H,2,4,9H2,(H,28,32)/t18-/m1/s1. The van der Waals surface area contributed by atoms with Gasteiger partial charge in [0.15, 0.2) is 5.65 Å². The summed E-state index contributed by atoms with van der Waals surface area (Å²) in [7, 11) is 0. The molecule has 162 valence electrons. The van der Waals surface area contributed by atoms with Crippen LogP contribution in [0.1, 0.15) is 34.9 Å². The first-order valence-electron chi connectivity index (χ1n) is 9.99. The van der Waals surface area contributed by atoms with Gasteiger partial charge < -0.3 is 10.2 Å². The van der Waals surface area contributed by atoms with Crippen molar-refractivity contribution in [3.63, 3.8) is 0 Å². The fourth-order valence-corrected chi connectivity index (χ4v) is 4.13. The molecule has 0 unspecified atom stereocenters. The molecule has 0 bridgehead atoms. The van der Waals surface area contributed by atoms with Crippen molar-refractivity contribution in [1.29, 1.82) is 0 Å². The SMILES string of the molecule is O=C(Nc1cnn2ccc(N3CCC[C@@H]3c3cc(F)ccc3F)nc12)c1cccc(Cl)n1. The van der Waals surface area contributed by atoms with Gasteiger partial charge in [0, 0.05) is 18.3 Å². The number of pyridine rings is 1. The van der Waals surface area contributed by atoms with E-state index in [1.54, 1.807) is 30.5 Å². The number of halogens is 3. The molecular formula is C22H17ClF2N6O. The van der Waals surface area contributed by atoms with Crippen LogP contribution in [-0.4, -0.2) is 32.0 Å². The molecule has 7 nitrogen and oxygen atoms in total. The Kier molecular flexibility index (Phi) is 5.18. The lowest BCUT2D eigenvalue weighted by Crippen LogP contribution is -2.24. The molecule has 1 atom stereocenters. The number of hydrogen-bond acceptors (Lipinski definition) is 5. The summed E-state index contributed by atoms with van der Waals surface area (Å²) in [6, 6.07) is 9.68. The van der Waals surface area contributed by atoms with Crippen LogP contribution in [0.15, 0.2) is 54.9 Å². The Hall–Kier alpha value is -3.59. The normalized spacial score (nSPS) is 16.0. The Morgan fingerprint density at radius 1 is 1.16 bits per heavy atom. The van der Waals surface area contributed by atoms with Gasteiger partial charge in [-0.3, -0.25) is 4.79 Å². The lowest BCUT2D eigenvalue weighted by molar-refractivity contribution is 0.102. The smallest absolute Gasteiger partial charge is 0.274 e. The first-order chi connectivity index (χ1) is 15.5. The molecule has 0 radical (unpaired) electrons. The Bertz CT molecular complexity index is 1330. The number of carbonyl (C=O) groups is 1. The second-order valence-electron chi connectivity index (χ2n) is 7.43. The third-order valence-electron chi connectivity index (χ3n) is 5.41. The zero-order valence-electron chi connectivity index (χ0n) is 16.7. The molecule has 3 aromatic heterocycles. The third kappa shape index (κ3) is 3.75. The molecule has 1 fully saturated rings. The zero-order valence-corrected chi connectivity index (χ0v) is 17.4. The van der Waals surface area contributed by atoms with E-state index < -0.39 is 17.5 Å². The summed E-state index contributed by atoms with van der Waals surface area (Å²) in [5, 5.41) is 7.18. The summed E-state index contributed by atoms with van der Waals surface area (Å²) in [4.78, 5) is 23.2. The molecular weight excluding hydrogens is 438 g/mol. The Balaban J connectivity index is 1.47. The maximum absolute atomic E-state index is 14.4. The number of carbonyl (C=O) groups excluding carboxylic acids is 1. The fourth-order valence-electron chi connectivity index (χ4n) is 3.96. The van der Waals surface area contributed by atoms with Crippen molar-refractivity contribution in [2.45, 2.75) is 18.9 Å². The van der Waals surface area contributed by atoms with Crippen LogP contribution in [-0.2, 0) is 0 Å². The second kappa shape index (κ2) is 8.16. The van der Waals surface area contributed by atoms with Gasteiger partial charge in [-0.2, -0.15) is 5.10 Å². The highest BCUT2D eigenvalue weighted by Gasteiger charge is 2.30. The summed E-state index contributed by atoms with van der Waals surface area (Å²) in [5.74, 6) is -0.793. The Morgan fingerprint density at radius 2 is 2.03 bits per heavy atom. The number of aromatic nitrogens is 4. The fraction of sp³-hybridized carbons (Fsp3) is 0.182. The van der Waals surface area contributed by atoms with Crippen LogP contribution >= 0.6 is 11.6 Å². The van der Waals surface area contributed by atoms with Crippen LogP contribution in [0.25, 0.3) is 5.65 Å². The highest BCUT2D eigenvalue weighted by molar-refractivity contribution is 6.29. The summed E-state index contributed by atoms with van der Waals surface area (Å²) < 4.78 is 29.7. The number of hydrogen-bond donors (Lipinski definition) is 1. The van der Waals surface area contributed by atoms with Crippen molar-refractivity contribution in [1.82, 2.24) is 19.6 Å². The van der Waals surface area contributed by atoms with Gasteiger partial charge >= 0.3 is 0 Å². The van der Waals surface area contributed by atoms with Crippen LogP contribution in [0, 0.1) is 11.6 Å². The van der Waals surface area contributed by atoms with Crippen molar-refractivity contribution in [2.24, 2.45) is 0 Å². The highest BCUT2D eigenvalue weighted by atomic mass is 35.5. The Morgan fingerprint density at radius 3 is 2.88 bits per heavy atom. The minimum Gasteiger partial charge on any atom is -0.349 e. The minimum atomic E-state index is -0.480. The van der Waals surface area contributed by atoms with Gasteiger partial charge in [0.05, 0.1) is 12.2 Å². The number of fused-ring (bicyclic) bond motifs is 1. The van der Waals surface area contributed by atoms with E-state index in [1.807, 2.05) is 4.90 Å². The maximum atomic E-state index is 14.4. The van der Waals surface area contributed by atoms with E-state index >= 15 is 0 Å². The van der Waals surface area contributed by atoms with E-state index in [0.29, 0.717) is 35.7 Å². The van der Waals surface area contributed by atoms with Crippen LogP contribution in [0.5, 0.6) is 0 Å². The molecule has 1 N–H and O–H groups in total. The minimum absolute atomic E-state index is 0.161. The topological polar surface area (TPSA) is 75.4 Å². The van der Waals surface area contributed by atoms with Crippen LogP contribution < -0.4 is 10.2 Å². The number of nitrogens with one attached hydrogen (secondary N) is 1. The van der Waals surface area contributed by atoms with Crippen LogP contribution in [0.2, 0.25) is 5.15 Å². The summed E-state index contributed by atoms with van der Waals surface area (Å²) >= 11 is 5.87. The van der Waals surface area contributed by atoms with Crippen molar-refractivity contribution >= 4 is 34.7 Å². The molecule has 1 amide bonds. The summed E-state index contributed by atoms with van der Waals surface area (Å²) in [6.07, 6.45) is 4.69. The monoisotopic (exact) mass is 454 g/mol. The average molecular weight is 455 g/mol. The number of nitrogens with zero attached hydrogens (tertiary/aromatic N) is 5. The summed E-state index contributed by atoms with van der Waals surface area (Å²) in [6.45, 7) is 0.645. The van der Waals surface area contributed by atoms with Gasteiger partial charge in [-0.05, 0) is 49.2 Å². The number of benzene rings is 1. The zero-order chi connectivity index (χ0) is 22.2. The largest absolute Gasteiger partial charge is 0.349 e. The average Bonchev–Trinajstić information content (AvgIpc) is 3.42. The van der Waals surface area contributed by atoms with Gasteiger partial charge in [-0.25, -0.2) is 23.3 Å². The molecule has 32 heavy (non-hydrogen) atoms. The van der Waals surface area contributed by atoms with E-state index in [4.69, 9.17) is 11.6 Å². The predicted octanol–water partition coefficient (Wildman–Crippen LogP) is 4.65. The number of anilines is 2. The van der Waals surface area contributed by atoms with Gasteiger partial charge in [0.25, 0.3) is 5.91 Å². The van der Waals surface area contributed by atoms with E-state index in [-0.39, 0.29) is 16.9 Å². The first-order valence-corrected chi connectivity index (χ1v) is 10.4. The molecule has 10 heteroatoms. The van der Waals surface area contributed by atoms with E-state index in [2.05, 4.69) is 20.4 Å². The van der Waals surface area contributed by atoms with Gasteiger partial charge in [-0.15, -0.1) is 0 Å². The molecule has 0 aliphatic carbocycles. The number of amides is 1. The predicted molar refractivity (Wildman–Crippen MR) is 116 cm³/mol. The van der Waals surface area contributed by atoms with Gasteiger partial charge in [-0.1, -0.05) is 17.7 Å². The summed E-state index contributed by atoms with van der Waals surface area (Å²) in [5.41, 5.74) is 1.28. The molecule has 4 heterocycles. The third-order valence-corrected chi connectivity index (χ3v) is 5.62. The highest BCUT2D eigenvalue weighted by Crippen LogP contribution is 2.37. The van der Waals surface area contributed by atoms with Crippen molar-refractivity contribution in [3.05, 3.63) is 82.9 Å². The lowest BCUT2D eigenvalue weighted by Gasteiger charge is -2.26. The van der Waals surface area contributed by atoms with Gasteiger partial charge in [0.1, 0.15) is 34.0 Å². The van der Waals surface area contributed by atoms with Gasteiger partial charge in [0.2, 0.25) is 0 Å². The molecule has 1 aliphatic rings. The molecule has 1 saturated heterocycles. The quantitative estimate of drug-likeness (QED) is 0.454. The molecule has 0 saturated carbocycles. The van der Waals surface area contributed by atoms with Crippen molar-refractivity contribution in [3.8, 4) is 0 Å². The lowest BCUT2D eigenvalue weighted by atomic mass is 10.0. The van der Waals surface area contributed by atoms with Crippen LogP contribution in [0.3, 0.4) is 0 Å². The molecule has 5 rings (SSSR count). The molecule has 4 aromatic rings. The Labute approximate surface area is 186 Å². The molecule has 0 spiro atoms. The number of rotatable bonds is 4. The van der Waals surface area contributed by atoms with Crippen molar-refractivity contribution < 1.29 is 13.6 Å². The van der Waals surface area contributed by atoms with Crippen LogP contribution in [0.4, 0.5) is 20.3 Å².